The zero-order chi connectivity index (χ0) is 6.79. The fraction of sp³-hybridized carbons (Fsp3) is 0.333. The smallest absolute Gasteiger partial charge is 0.335 e. The van der Waals surface area contributed by atoms with E-state index in [2.05, 4.69) is 0 Å². The van der Waals surface area contributed by atoms with Gasteiger partial charge in [-0.05, 0) is 0 Å². The van der Waals surface area contributed by atoms with Crippen molar-refractivity contribution in [2.45, 2.75) is 12.0 Å². The van der Waals surface area contributed by atoms with Crippen molar-refractivity contribution in [3.63, 3.8) is 0 Å². The molecule has 0 aliphatic carbocycles. The number of epoxide rings is 1. The molecule has 54 valence electrons. The van der Waals surface area contributed by atoms with E-state index in [0.717, 1.165) is 23.2 Å². The first kappa shape index (κ1) is 3.99. The molecule has 0 N–H and O–H groups in total. The molecule has 0 aromatic rings. The lowest BCUT2D eigenvalue weighted by Gasteiger charge is -1.78. The zero-order valence-corrected chi connectivity index (χ0v) is 5.16. The SMILES string of the molecule is O1C2=C1C1OC13ON3C1=C2O1. The summed E-state index contributed by atoms with van der Waals surface area (Å²) in [5.74, 6) is 2.82. The lowest BCUT2D eigenvalue weighted by Crippen LogP contribution is -2.00. The number of rotatable bonds is 0. The summed E-state index contributed by atoms with van der Waals surface area (Å²) in [6, 6.07) is 0. The first-order chi connectivity index (χ1) is 5.40. The van der Waals surface area contributed by atoms with Gasteiger partial charge in [0.05, 0.1) is 0 Å². The van der Waals surface area contributed by atoms with Gasteiger partial charge in [0.2, 0.25) is 17.6 Å². The van der Waals surface area contributed by atoms with Crippen LogP contribution in [0.4, 0.5) is 0 Å². The number of hydrogen-bond acceptors (Lipinski definition) is 5. The van der Waals surface area contributed by atoms with Crippen molar-refractivity contribution >= 4 is 0 Å². The Morgan fingerprint density at radius 1 is 1.27 bits per heavy atom. The molecule has 11 heavy (non-hydrogen) atoms. The minimum Gasteiger partial charge on any atom is -0.447 e. The molecule has 0 amide bonds. The van der Waals surface area contributed by atoms with E-state index in [-0.39, 0.29) is 6.10 Å². The summed E-state index contributed by atoms with van der Waals surface area (Å²) in [6.45, 7) is 0. The maximum atomic E-state index is 5.28. The van der Waals surface area contributed by atoms with Gasteiger partial charge in [-0.3, -0.25) is 0 Å². The molecule has 2 saturated heterocycles. The fourth-order valence-electron chi connectivity index (χ4n) is 1.63. The van der Waals surface area contributed by atoms with Gasteiger partial charge >= 0.3 is 5.91 Å². The van der Waals surface area contributed by atoms with Crippen LogP contribution >= 0.6 is 0 Å². The molecule has 5 heteroatoms. The Kier molecular flexibility index (Phi) is 0.270. The van der Waals surface area contributed by atoms with Gasteiger partial charge in [-0.1, -0.05) is 0 Å². The van der Waals surface area contributed by atoms with Gasteiger partial charge in [0, 0.05) is 0 Å². The van der Waals surface area contributed by atoms with Gasteiger partial charge in [-0.2, -0.15) is 0 Å². The summed E-state index contributed by atoms with van der Waals surface area (Å²) in [7, 11) is 0. The van der Waals surface area contributed by atoms with Gasteiger partial charge < -0.3 is 14.2 Å². The average molecular weight is 151 g/mol. The third-order valence-corrected chi connectivity index (χ3v) is 2.41. The molecular weight excluding hydrogens is 150 g/mol. The molecule has 2 fully saturated rings. The van der Waals surface area contributed by atoms with Crippen LogP contribution in [0.5, 0.6) is 0 Å². The van der Waals surface area contributed by atoms with Crippen molar-refractivity contribution in [2.24, 2.45) is 0 Å². The monoisotopic (exact) mass is 151 g/mol. The Morgan fingerprint density at radius 2 is 2.27 bits per heavy atom. The van der Waals surface area contributed by atoms with Crippen LogP contribution in [0.25, 0.3) is 0 Å². The fourth-order valence-corrected chi connectivity index (χ4v) is 1.63. The van der Waals surface area contributed by atoms with E-state index in [9.17, 15) is 0 Å². The highest BCUT2D eigenvalue weighted by Crippen LogP contribution is 2.69. The maximum Gasteiger partial charge on any atom is 0.335 e. The predicted molar refractivity (Wildman–Crippen MR) is 26.7 cm³/mol. The lowest BCUT2D eigenvalue weighted by molar-refractivity contribution is 0.193. The van der Waals surface area contributed by atoms with Gasteiger partial charge in [0.15, 0.2) is 5.76 Å². The topological polar surface area (TPSA) is 53.1 Å². The van der Waals surface area contributed by atoms with Gasteiger partial charge in [0.25, 0.3) is 5.88 Å². The minimum absolute atomic E-state index is 0.00824. The predicted octanol–water partition coefficient (Wildman–Crippen LogP) is -0.259. The number of nitrogens with zero attached hydrogens (tertiary/aromatic N) is 1. The van der Waals surface area contributed by atoms with E-state index < -0.39 is 5.91 Å². The van der Waals surface area contributed by atoms with E-state index in [4.69, 9.17) is 19.0 Å². The Hall–Kier alpha value is -1.20. The largest absolute Gasteiger partial charge is 0.447 e. The van der Waals surface area contributed by atoms with Crippen molar-refractivity contribution < 1.29 is 19.0 Å². The summed E-state index contributed by atoms with van der Waals surface area (Å²) in [5.41, 5.74) is 0. The maximum absolute atomic E-state index is 5.28. The third-order valence-electron chi connectivity index (χ3n) is 2.41. The van der Waals surface area contributed by atoms with E-state index in [1.165, 1.54) is 0 Å². The second-order valence-electron chi connectivity index (χ2n) is 3.05. The molecule has 1 spiro atoms. The Balaban J connectivity index is 1.86. The van der Waals surface area contributed by atoms with Crippen LogP contribution in [0.3, 0.4) is 0 Å². The number of ether oxygens (including phenoxy) is 3. The normalized spacial score (nSPS) is 50.9. The van der Waals surface area contributed by atoms with Crippen LogP contribution < -0.4 is 0 Å². The summed E-state index contributed by atoms with van der Waals surface area (Å²) in [5, 5.41) is 1.66. The molecule has 5 nitrogen and oxygen atoms in total. The zero-order valence-electron chi connectivity index (χ0n) is 5.16. The third kappa shape index (κ3) is 0.244. The molecule has 0 radical (unpaired) electrons. The van der Waals surface area contributed by atoms with E-state index >= 15 is 0 Å². The van der Waals surface area contributed by atoms with Crippen LogP contribution in [-0.2, 0) is 19.0 Å². The first-order valence-corrected chi connectivity index (χ1v) is 3.42. The van der Waals surface area contributed by atoms with Gasteiger partial charge in [-0.15, -0.1) is 5.06 Å². The summed E-state index contributed by atoms with van der Waals surface area (Å²) < 4.78 is 15.6. The Morgan fingerprint density at radius 3 is 3.27 bits per heavy atom. The van der Waals surface area contributed by atoms with Crippen LogP contribution in [0.15, 0.2) is 23.2 Å². The number of fused-ring (bicyclic) bond motifs is 3. The molecular formula is C6HNO4. The number of hydrogen-bond donors (Lipinski definition) is 0. The van der Waals surface area contributed by atoms with Crippen molar-refractivity contribution in [3.05, 3.63) is 23.2 Å². The highest BCUT2D eigenvalue weighted by molar-refractivity contribution is 5.51. The van der Waals surface area contributed by atoms with Gasteiger partial charge in [-0.25, -0.2) is 4.84 Å². The molecule has 5 aliphatic heterocycles. The average Bonchev–Trinajstić information content (AvgIpc) is 2.71. The van der Waals surface area contributed by atoms with Crippen LogP contribution in [0.1, 0.15) is 0 Å². The summed E-state index contributed by atoms with van der Waals surface area (Å²) in [4.78, 5) is 5.18. The second kappa shape index (κ2) is 0.745. The molecule has 0 saturated carbocycles. The first-order valence-electron chi connectivity index (χ1n) is 3.42. The van der Waals surface area contributed by atoms with Crippen molar-refractivity contribution in [1.29, 1.82) is 0 Å². The van der Waals surface area contributed by atoms with E-state index in [1.54, 1.807) is 5.06 Å². The molecule has 5 rings (SSSR count). The Labute approximate surface area is 60.3 Å². The molecule has 0 aromatic heterocycles. The molecule has 0 aromatic carbocycles. The standard InChI is InChI=1S/C6HNO4/c8-1-2(8)4-6(10-4)7(11-6)5-3(1)9-5/h4H. The molecule has 5 aliphatic rings. The molecule has 2 unspecified atom stereocenters. The van der Waals surface area contributed by atoms with Gasteiger partial charge in [0.1, 0.15) is 0 Å². The van der Waals surface area contributed by atoms with Crippen LogP contribution in [-0.4, -0.2) is 17.1 Å². The quantitative estimate of drug-likeness (QED) is 0.446. The highest BCUT2D eigenvalue weighted by atomic mass is 17.1. The van der Waals surface area contributed by atoms with E-state index in [1.807, 2.05) is 0 Å². The summed E-state index contributed by atoms with van der Waals surface area (Å²) in [6.07, 6.45) is 0.00824. The van der Waals surface area contributed by atoms with Crippen LogP contribution in [0.2, 0.25) is 0 Å². The minimum atomic E-state index is -0.509. The van der Waals surface area contributed by atoms with Crippen molar-refractivity contribution in [3.8, 4) is 0 Å². The summed E-state index contributed by atoms with van der Waals surface area (Å²) >= 11 is 0. The molecule has 5 heterocycles. The van der Waals surface area contributed by atoms with Crippen molar-refractivity contribution in [2.75, 3.05) is 0 Å². The molecule has 2 atom stereocenters. The number of hydroxylamine groups is 2. The van der Waals surface area contributed by atoms with Crippen LogP contribution in [0, 0.1) is 0 Å². The van der Waals surface area contributed by atoms with E-state index in [0.29, 0.717) is 0 Å². The Bertz CT molecular complexity index is 357. The molecule has 0 bridgehead atoms. The van der Waals surface area contributed by atoms with Crippen molar-refractivity contribution in [1.82, 2.24) is 5.06 Å². The lowest BCUT2D eigenvalue weighted by atomic mass is 10.3. The second-order valence-corrected chi connectivity index (χ2v) is 3.05. The highest BCUT2D eigenvalue weighted by Gasteiger charge is 2.86.